The lowest BCUT2D eigenvalue weighted by atomic mass is 10.1. The van der Waals surface area contributed by atoms with Gasteiger partial charge in [-0.2, -0.15) is 0 Å². The number of amides is 1. The van der Waals surface area contributed by atoms with E-state index in [4.69, 9.17) is 9.47 Å². The summed E-state index contributed by atoms with van der Waals surface area (Å²) in [6.07, 6.45) is 1.00. The van der Waals surface area contributed by atoms with E-state index in [1.165, 1.54) is 0 Å². The highest BCUT2D eigenvalue weighted by atomic mass is 127. The van der Waals surface area contributed by atoms with Crippen molar-refractivity contribution in [3.05, 3.63) is 51.6 Å². The van der Waals surface area contributed by atoms with Crippen LogP contribution in [0.1, 0.15) is 30.6 Å². The van der Waals surface area contributed by atoms with Gasteiger partial charge in [-0.05, 0) is 65.3 Å². The lowest BCUT2D eigenvalue weighted by Crippen LogP contribution is -2.12. The number of hydrogen-bond donors (Lipinski definition) is 1. The number of halogens is 1. The van der Waals surface area contributed by atoms with E-state index in [2.05, 4.69) is 41.8 Å². The monoisotopic (exact) mass is 439 g/mol. The Morgan fingerprint density at radius 2 is 2.00 bits per heavy atom. The van der Waals surface area contributed by atoms with E-state index in [9.17, 15) is 4.79 Å². The molecule has 0 aliphatic rings. The second-order valence-corrected chi connectivity index (χ2v) is 7.02. The van der Waals surface area contributed by atoms with Crippen LogP contribution in [-0.4, -0.2) is 19.6 Å². The summed E-state index contributed by atoms with van der Waals surface area (Å²) in [5.74, 6) is 1.96. The Hall–Kier alpha value is -1.76. The Labute approximate surface area is 156 Å². The van der Waals surface area contributed by atoms with Gasteiger partial charge in [0.1, 0.15) is 11.5 Å². The van der Waals surface area contributed by atoms with Crippen LogP contribution in [0.5, 0.6) is 11.5 Å². The summed E-state index contributed by atoms with van der Waals surface area (Å²) in [4.78, 5) is 12.4. The van der Waals surface area contributed by atoms with E-state index in [1.807, 2.05) is 24.3 Å². The molecule has 2 rings (SSSR count). The maximum Gasteiger partial charge on any atom is 0.255 e. The lowest BCUT2D eigenvalue weighted by Gasteiger charge is -2.11. The van der Waals surface area contributed by atoms with Crippen LogP contribution in [0.25, 0.3) is 0 Å². The highest BCUT2D eigenvalue weighted by molar-refractivity contribution is 14.1. The fourth-order valence-electron chi connectivity index (χ4n) is 2.09. The molecular weight excluding hydrogens is 417 g/mol. The van der Waals surface area contributed by atoms with Gasteiger partial charge in [-0.1, -0.05) is 19.9 Å². The number of carbonyl (C=O) groups is 1. The van der Waals surface area contributed by atoms with Crippen molar-refractivity contribution in [2.75, 3.05) is 19.0 Å². The second kappa shape index (κ2) is 8.92. The first-order valence-electron chi connectivity index (χ1n) is 7.87. The van der Waals surface area contributed by atoms with Crippen LogP contribution < -0.4 is 14.8 Å². The largest absolute Gasteiger partial charge is 0.496 e. The van der Waals surface area contributed by atoms with Crippen molar-refractivity contribution in [2.45, 2.75) is 20.3 Å². The lowest BCUT2D eigenvalue weighted by molar-refractivity contribution is 0.102. The van der Waals surface area contributed by atoms with Gasteiger partial charge in [0, 0.05) is 17.3 Å². The molecular formula is C19H22INO3. The number of carbonyl (C=O) groups excluding carboxylic acids is 1. The van der Waals surface area contributed by atoms with Gasteiger partial charge in [0.25, 0.3) is 5.91 Å². The molecule has 0 aliphatic carbocycles. The van der Waals surface area contributed by atoms with E-state index < -0.39 is 0 Å². The van der Waals surface area contributed by atoms with Crippen molar-refractivity contribution in [2.24, 2.45) is 5.92 Å². The number of anilines is 1. The van der Waals surface area contributed by atoms with Crippen LogP contribution in [0.2, 0.25) is 0 Å². The molecule has 0 spiro atoms. The first-order chi connectivity index (χ1) is 11.5. The van der Waals surface area contributed by atoms with Crippen LogP contribution in [0.4, 0.5) is 5.69 Å². The maximum atomic E-state index is 12.4. The van der Waals surface area contributed by atoms with Crippen LogP contribution >= 0.6 is 22.6 Å². The summed E-state index contributed by atoms with van der Waals surface area (Å²) >= 11 is 2.15. The molecule has 0 bridgehead atoms. The van der Waals surface area contributed by atoms with Crippen molar-refractivity contribution in [3.63, 3.8) is 0 Å². The molecule has 0 saturated heterocycles. The Balaban J connectivity index is 2.02. The van der Waals surface area contributed by atoms with Crippen LogP contribution in [0, 0.1) is 9.49 Å². The highest BCUT2D eigenvalue weighted by Crippen LogP contribution is 2.23. The number of nitrogens with one attached hydrogen (secondary N) is 1. The summed E-state index contributed by atoms with van der Waals surface area (Å²) < 4.78 is 11.8. The van der Waals surface area contributed by atoms with Gasteiger partial charge < -0.3 is 14.8 Å². The van der Waals surface area contributed by atoms with Gasteiger partial charge in [0.2, 0.25) is 0 Å². The van der Waals surface area contributed by atoms with Gasteiger partial charge in [-0.15, -0.1) is 0 Å². The summed E-state index contributed by atoms with van der Waals surface area (Å²) in [6.45, 7) is 5.00. The molecule has 1 N–H and O–H groups in total. The molecule has 0 heterocycles. The number of ether oxygens (including phenoxy) is 2. The minimum atomic E-state index is -0.158. The number of rotatable bonds is 7. The molecule has 0 atom stereocenters. The second-order valence-electron chi connectivity index (χ2n) is 5.86. The molecule has 2 aromatic rings. The molecule has 0 aliphatic heterocycles. The Morgan fingerprint density at radius 3 is 2.67 bits per heavy atom. The Morgan fingerprint density at radius 1 is 1.21 bits per heavy atom. The Kier molecular flexibility index (Phi) is 6.90. The van der Waals surface area contributed by atoms with Crippen molar-refractivity contribution in [1.29, 1.82) is 0 Å². The summed E-state index contributed by atoms with van der Waals surface area (Å²) in [7, 11) is 1.61. The van der Waals surface area contributed by atoms with Gasteiger partial charge in [0.05, 0.1) is 17.3 Å². The van der Waals surface area contributed by atoms with Crippen molar-refractivity contribution in [1.82, 2.24) is 0 Å². The van der Waals surface area contributed by atoms with Crippen molar-refractivity contribution in [3.8, 4) is 11.5 Å². The van der Waals surface area contributed by atoms with Crippen LogP contribution in [0.15, 0.2) is 42.5 Å². The molecule has 0 radical (unpaired) electrons. The van der Waals surface area contributed by atoms with E-state index >= 15 is 0 Å². The van der Waals surface area contributed by atoms with Gasteiger partial charge >= 0.3 is 0 Å². The highest BCUT2D eigenvalue weighted by Gasteiger charge is 2.09. The zero-order chi connectivity index (χ0) is 17.5. The molecule has 0 aromatic heterocycles. The summed E-state index contributed by atoms with van der Waals surface area (Å²) in [5, 5.41) is 2.90. The fraction of sp³-hybridized carbons (Fsp3) is 0.316. The third kappa shape index (κ3) is 5.40. The van der Waals surface area contributed by atoms with Crippen LogP contribution in [0.3, 0.4) is 0 Å². The minimum absolute atomic E-state index is 0.158. The first kappa shape index (κ1) is 18.6. The molecule has 0 fully saturated rings. The van der Waals surface area contributed by atoms with E-state index in [0.29, 0.717) is 23.8 Å². The first-order valence-corrected chi connectivity index (χ1v) is 8.95. The molecule has 1 amide bonds. The third-order valence-electron chi connectivity index (χ3n) is 3.47. The van der Waals surface area contributed by atoms with E-state index in [-0.39, 0.29) is 5.91 Å². The Bertz CT molecular complexity index is 701. The average molecular weight is 439 g/mol. The predicted molar refractivity (Wildman–Crippen MR) is 105 cm³/mol. The van der Waals surface area contributed by atoms with Gasteiger partial charge in [-0.3, -0.25) is 4.79 Å². The third-order valence-corrected chi connectivity index (χ3v) is 4.31. The summed E-state index contributed by atoms with van der Waals surface area (Å²) in [5.41, 5.74) is 1.30. The average Bonchev–Trinajstić information content (AvgIpc) is 2.54. The standard InChI is InChI=1S/C19H22INO3/c1-13(2)9-10-24-16-6-4-5-15(12-16)21-19(22)14-7-8-18(23-3)17(20)11-14/h4-8,11-13H,9-10H2,1-3H3,(H,21,22). The zero-order valence-electron chi connectivity index (χ0n) is 14.1. The molecule has 2 aromatic carbocycles. The van der Waals surface area contributed by atoms with Crippen molar-refractivity contribution < 1.29 is 14.3 Å². The number of methoxy groups -OCH3 is 1. The molecule has 4 nitrogen and oxygen atoms in total. The maximum absolute atomic E-state index is 12.4. The topological polar surface area (TPSA) is 47.6 Å². The SMILES string of the molecule is COc1ccc(C(=O)Nc2cccc(OCCC(C)C)c2)cc1I. The molecule has 24 heavy (non-hydrogen) atoms. The van der Waals surface area contributed by atoms with Gasteiger partial charge in [-0.25, -0.2) is 0 Å². The molecule has 5 heteroatoms. The van der Waals surface area contributed by atoms with Crippen molar-refractivity contribution >= 4 is 34.2 Å². The van der Waals surface area contributed by atoms with Gasteiger partial charge in [0.15, 0.2) is 0 Å². The molecule has 128 valence electrons. The van der Waals surface area contributed by atoms with Crippen LogP contribution in [-0.2, 0) is 0 Å². The predicted octanol–water partition coefficient (Wildman–Crippen LogP) is 4.98. The smallest absolute Gasteiger partial charge is 0.255 e. The quantitative estimate of drug-likeness (QED) is 0.620. The number of hydrogen-bond acceptors (Lipinski definition) is 3. The molecule has 0 saturated carbocycles. The summed E-state index contributed by atoms with van der Waals surface area (Å²) in [6, 6.07) is 12.8. The molecule has 0 unspecified atom stereocenters. The minimum Gasteiger partial charge on any atom is -0.496 e. The zero-order valence-corrected chi connectivity index (χ0v) is 16.3. The fourth-order valence-corrected chi connectivity index (χ4v) is 2.82. The number of benzene rings is 2. The van der Waals surface area contributed by atoms with E-state index in [0.717, 1.165) is 21.5 Å². The van der Waals surface area contributed by atoms with E-state index in [1.54, 1.807) is 25.3 Å². The normalized spacial score (nSPS) is 10.5.